The van der Waals surface area contributed by atoms with E-state index in [0.717, 1.165) is 22.5 Å². The number of hydrogen-bond donors (Lipinski definition) is 3. The Morgan fingerprint density at radius 3 is 1.64 bits per heavy atom. The summed E-state index contributed by atoms with van der Waals surface area (Å²) in [5, 5.41) is 7.80. The van der Waals surface area contributed by atoms with Crippen molar-refractivity contribution in [1.29, 1.82) is 0 Å². The van der Waals surface area contributed by atoms with Crippen molar-refractivity contribution in [3.05, 3.63) is 63.9 Å². The van der Waals surface area contributed by atoms with Crippen LogP contribution in [0.3, 0.4) is 0 Å². The number of aryl methyl sites for hydroxylation is 2. The molecule has 5 nitrogen and oxygen atoms in total. The largest absolute Gasteiger partial charge is 0.393 e. The topological polar surface area (TPSA) is 75.9 Å². The summed E-state index contributed by atoms with van der Waals surface area (Å²) < 4.78 is 0. The van der Waals surface area contributed by atoms with Gasteiger partial charge in [0.25, 0.3) is 0 Å². The molecule has 4 N–H and O–H groups in total. The van der Waals surface area contributed by atoms with Gasteiger partial charge in [0.05, 0.1) is 0 Å². The number of nitrogens with two attached hydrogens (primary N) is 1. The van der Waals surface area contributed by atoms with Crippen molar-refractivity contribution >= 4 is 51.9 Å². The van der Waals surface area contributed by atoms with Crippen molar-refractivity contribution < 1.29 is 0 Å². The maximum Gasteiger partial charge on any atom is 0.159 e. The molecule has 0 aliphatic rings. The molecule has 25 heavy (non-hydrogen) atoms. The van der Waals surface area contributed by atoms with Crippen LogP contribution in [0.25, 0.3) is 0 Å². The average Bonchev–Trinajstić information content (AvgIpc) is 2.56. The summed E-state index contributed by atoms with van der Waals surface area (Å²) in [5.41, 5.74) is 10.4. The maximum atomic E-state index is 6.24. The van der Waals surface area contributed by atoms with E-state index in [0.29, 0.717) is 27.4 Å². The quantitative estimate of drug-likeness (QED) is 0.565. The van der Waals surface area contributed by atoms with E-state index < -0.39 is 0 Å². The Hall–Kier alpha value is -2.50. The SMILES string of the molecule is Cc1cc(Cl)ccc1Nc1ncnc(Nc2ccc(Cl)cc2C)c1N. The standard InChI is InChI=1S/C18H17Cl2N5/c1-10-7-12(19)3-5-14(10)24-17-16(21)18(23-9-22-17)25-15-6-4-13(20)8-11(15)2/h3-9H,21H2,1-2H3,(H2,22,23,24,25). The van der Waals surface area contributed by atoms with Gasteiger partial charge in [-0.2, -0.15) is 0 Å². The molecule has 0 bridgehead atoms. The number of benzene rings is 2. The molecule has 2 aromatic carbocycles. The summed E-state index contributed by atoms with van der Waals surface area (Å²) in [6.07, 6.45) is 1.46. The number of halogens is 2. The molecule has 1 heterocycles. The van der Waals surface area contributed by atoms with Gasteiger partial charge < -0.3 is 16.4 Å². The monoisotopic (exact) mass is 373 g/mol. The molecule has 0 aliphatic carbocycles. The highest BCUT2D eigenvalue weighted by atomic mass is 35.5. The van der Waals surface area contributed by atoms with Gasteiger partial charge in [-0.15, -0.1) is 0 Å². The predicted octanol–water partition coefficient (Wildman–Crippen LogP) is 5.47. The minimum Gasteiger partial charge on any atom is -0.393 e. The number of aromatic nitrogens is 2. The lowest BCUT2D eigenvalue weighted by atomic mass is 10.2. The van der Waals surface area contributed by atoms with Crippen LogP contribution in [0.2, 0.25) is 10.0 Å². The molecule has 0 atom stereocenters. The molecule has 128 valence electrons. The van der Waals surface area contributed by atoms with E-state index in [1.54, 1.807) is 0 Å². The molecule has 0 saturated carbocycles. The molecule has 7 heteroatoms. The van der Waals surface area contributed by atoms with Crippen LogP contribution in [0, 0.1) is 13.8 Å². The Morgan fingerprint density at radius 2 is 1.24 bits per heavy atom. The number of anilines is 5. The maximum absolute atomic E-state index is 6.24. The summed E-state index contributed by atoms with van der Waals surface area (Å²) >= 11 is 12.0. The average molecular weight is 374 g/mol. The molecule has 0 radical (unpaired) electrons. The molecule has 0 spiro atoms. The molecule has 3 aromatic rings. The Labute approximate surface area is 156 Å². The minimum absolute atomic E-state index is 0.422. The zero-order valence-corrected chi connectivity index (χ0v) is 15.3. The Bertz CT molecular complexity index is 856. The molecule has 0 fully saturated rings. The molecule has 0 amide bonds. The molecule has 3 rings (SSSR count). The molecule has 0 unspecified atom stereocenters. The summed E-state index contributed by atoms with van der Waals surface area (Å²) in [6.45, 7) is 3.92. The van der Waals surface area contributed by atoms with Gasteiger partial charge in [0, 0.05) is 21.4 Å². The molecule has 0 saturated heterocycles. The fraction of sp³-hybridized carbons (Fsp3) is 0.111. The van der Waals surface area contributed by atoms with Crippen LogP contribution < -0.4 is 16.4 Å². The van der Waals surface area contributed by atoms with Crippen LogP contribution in [0.4, 0.5) is 28.7 Å². The van der Waals surface area contributed by atoms with Gasteiger partial charge >= 0.3 is 0 Å². The van der Waals surface area contributed by atoms with Crippen molar-refractivity contribution in [3.63, 3.8) is 0 Å². The molecule has 1 aromatic heterocycles. The summed E-state index contributed by atoms with van der Waals surface area (Å²) in [4.78, 5) is 8.47. The smallest absolute Gasteiger partial charge is 0.159 e. The minimum atomic E-state index is 0.422. The van der Waals surface area contributed by atoms with Crippen molar-refractivity contribution in [1.82, 2.24) is 9.97 Å². The lowest BCUT2D eigenvalue weighted by Gasteiger charge is -2.15. The van der Waals surface area contributed by atoms with Gasteiger partial charge in [-0.05, 0) is 61.4 Å². The molecular weight excluding hydrogens is 357 g/mol. The molecule has 0 aliphatic heterocycles. The highest BCUT2D eigenvalue weighted by Crippen LogP contribution is 2.31. The summed E-state index contributed by atoms with van der Waals surface area (Å²) in [6, 6.07) is 11.1. The van der Waals surface area contributed by atoms with E-state index in [-0.39, 0.29) is 0 Å². The van der Waals surface area contributed by atoms with Crippen LogP contribution in [0.5, 0.6) is 0 Å². The van der Waals surface area contributed by atoms with Gasteiger partial charge in [-0.25, -0.2) is 9.97 Å². The lowest BCUT2D eigenvalue weighted by molar-refractivity contribution is 1.17. The van der Waals surface area contributed by atoms with Gasteiger partial charge in [-0.1, -0.05) is 23.2 Å². The Balaban J connectivity index is 1.89. The first-order valence-electron chi connectivity index (χ1n) is 7.61. The summed E-state index contributed by atoms with van der Waals surface area (Å²) in [5.74, 6) is 1.05. The van der Waals surface area contributed by atoms with Crippen LogP contribution in [0.15, 0.2) is 42.7 Å². The molecular formula is C18H17Cl2N5. The first-order valence-corrected chi connectivity index (χ1v) is 8.36. The van der Waals surface area contributed by atoms with E-state index in [2.05, 4.69) is 20.6 Å². The van der Waals surface area contributed by atoms with Crippen LogP contribution in [-0.4, -0.2) is 9.97 Å². The third-order valence-corrected chi connectivity index (χ3v) is 4.24. The Morgan fingerprint density at radius 1 is 0.800 bits per heavy atom. The number of hydrogen-bond acceptors (Lipinski definition) is 5. The van der Waals surface area contributed by atoms with Crippen LogP contribution in [0.1, 0.15) is 11.1 Å². The zero-order chi connectivity index (χ0) is 18.0. The van der Waals surface area contributed by atoms with Crippen molar-refractivity contribution in [3.8, 4) is 0 Å². The van der Waals surface area contributed by atoms with E-state index in [4.69, 9.17) is 28.9 Å². The van der Waals surface area contributed by atoms with Crippen molar-refractivity contribution in [2.75, 3.05) is 16.4 Å². The van der Waals surface area contributed by atoms with E-state index >= 15 is 0 Å². The second-order valence-corrected chi connectivity index (χ2v) is 6.53. The fourth-order valence-corrected chi connectivity index (χ4v) is 2.84. The second-order valence-electron chi connectivity index (χ2n) is 5.65. The van der Waals surface area contributed by atoms with Gasteiger partial charge in [0.2, 0.25) is 0 Å². The van der Waals surface area contributed by atoms with Crippen molar-refractivity contribution in [2.24, 2.45) is 0 Å². The van der Waals surface area contributed by atoms with Crippen LogP contribution >= 0.6 is 23.2 Å². The van der Waals surface area contributed by atoms with Crippen LogP contribution in [-0.2, 0) is 0 Å². The highest BCUT2D eigenvalue weighted by Gasteiger charge is 2.11. The first kappa shape index (κ1) is 17.3. The number of nitrogen functional groups attached to an aromatic ring is 1. The highest BCUT2D eigenvalue weighted by molar-refractivity contribution is 6.31. The number of nitrogens with zero attached hydrogens (tertiary/aromatic N) is 2. The number of nitrogens with one attached hydrogen (secondary N) is 2. The Kier molecular flexibility index (Phi) is 4.97. The van der Waals surface area contributed by atoms with E-state index in [9.17, 15) is 0 Å². The second kappa shape index (κ2) is 7.17. The summed E-state index contributed by atoms with van der Waals surface area (Å²) in [7, 11) is 0. The number of rotatable bonds is 4. The van der Waals surface area contributed by atoms with Gasteiger partial charge in [-0.3, -0.25) is 0 Å². The fourth-order valence-electron chi connectivity index (χ4n) is 2.38. The third-order valence-electron chi connectivity index (χ3n) is 3.77. The van der Waals surface area contributed by atoms with E-state index in [1.807, 2.05) is 50.2 Å². The van der Waals surface area contributed by atoms with Gasteiger partial charge in [0.15, 0.2) is 11.6 Å². The third kappa shape index (κ3) is 3.95. The normalized spacial score (nSPS) is 10.6. The first-order chi connectivity index (χ1) is 11.9. The zero-order valence-electron chi connectivity index (χ0n) is 13.8. The predicted molar refractivity (Wildman–Crippen MR) is 105 cm³/mol. The van der Waals surface area contributed by atoms with Crippen molar-refractivity contribution in [2.45, 2.75) is 13.8 Å². The van der Waals surface area contributed by atoms with E-state index in [1.165, 1.54) is 6.33 Å². The lowest BCUT2D eigenvalue weighted by Crippen LogP contribution is -2.06. The van der Waals surface area contributed by atoms with Gasteiger partial charge in [0.1, 0.15) is 12.0 Å².